The van der Waals surface area contributed by atoms with Gasteiger partial charge in [0.2, 0.25) is 0 Å². The van der Waals surface area contributed by atoms with Crippen LogP contribution in [-0.2, 0) is 4.74 Å². The van der Waals surface area contributed by atoms with Crippen molar-refractivity contribution in [2.24, 2.45) is 0 Å². The molecule has 0 N–H and O–H groups in total. The van der Waals surface area contributed by atoms with E-state index in [0.29, 0.717) is 18.1 Å². The van der Waals surface area contributed by atoms with E-state index in [-0.39, 0.29) is 5.97 Å². The minimum absolute atomic E-state index is 0.345. The Kier molecular flexibility index (Phi) is 5.57. The fourth-order valence-corrected chi connectivity index (χ4v) is 1.28. The van der Waals surface area contributed by atoms with Gasteiger partial charge in [-0.25, -0.2) is 4.79 Å². The van der Waals surface area contributed by atoms with Crippen LogP contribution in [0.25, 0.3) is 6.08 Å². The Bertz CT molecular complexity index is 377. The molecular formula is C12H14ClNO2. The standard InChI is InChI=1S/C12H14ClNO2/c1-2-16-12(15)11-7-10(8-14-9-11)5-3-4-6-13/h3,5,7-9H,2,4,6H2,1H3. The minimum Gasteiger partial charge on any atom is -0.462 e. The summed E-state index contributed by atoms with van der Waals surface area (Å²) in [5.41, 5.74) is 1.34. The summed E-state index contributed by atoms with van der Waals surface area (Å²) in [4.78, 5) is 15.4. The number of alkyl halides is 1. The average molecular weight is 240 g/mol. The van der Waals surface area contributed by atoms with Crippen LogP contribution in [0.4, 0.5) is 0 Å². The molecule has 1 heterocycles. The summed E-state index contributed by atoms with van der Waals surface area (Å²) in [7, 11) is 0. The lowest BCUT2D eigenvalue weighted by Gasteiger charge is -2.01. The van der Waals surface area contributed by atoms with Crippen molar-refractivity contribution in [3.63, 3.8) is 0 Å². The molecule has 0 unspecified atom stereocenters. The molecule has 0 aromatic carbocycles. The van der Waals surface area contributed by atoms with Crippen LogP contribution >= 0.6 is 11.6 Å². The molecule has 0 aliphatic heterocycles. The smallest absolute Gasteiger partial charge is 0.339 e. The van der Waals surface area contributed by atoms with Gasteiger partial charge >= 0.3 is 5.97 Å². The third-order valence-electron chi connectivity index (χ3n) is 1.86. The molecule has 0 bridgehead atoms. The summed E-state index contributed by atoms with van der Waals surface area (Å²) in [5.74, 6) is 0.240. The molecule has 0 saturated carbocycles. The highest BCUT2D eigenvalue weighted by Gasteiger charge is 2.06. The molecule has 0 saturated heterocycles. The molecule has 1 aromatic rings. The fourth-order valence-electron chi connectivity index (χ4n) is 1.16. The summed E-state index contributed by atoms with van der Waals surface area (Å²) in [6.07, 6.45) is 7.81. The molecule has 4 heteroatoms. The first-order valence-electron chi connectivity index (χ1n) is 5.12. The lowest BCUT2D eigenvalue weighted by molar-refractivity contribution is 0.0526. The third kappa shape index (κ3) is 4.03. The number of allylic oxidation sites excluding steroid dienone is 1. The van der Waals surface area contributed by atoms with Crippen LogP contribution in [0.2, 0.25) is 0 Å². The summed E-state index contributed by atoms with van der Waals surface area (Å²) in [5, 5.41) is 0. The van der Waals surface area contributed by atoms with Crippen molar-refractivity contribution in [1.29, 1.82) is 0 Å². The lowest BCUT2D eigenvalue weighted by Crippen LogP contribution is -2.05. The molecule has 0 amide bonds. The first-order chi connectivity index (χ1) is 7.77. The van der Waals surface area contributed by atoms with Crippen LogP contribution in [0, 0.1) is 0 Å². The van der Waals surface area contributed by atoms with E-state index < -0.39 is 0 Å². The molecule has 86 valence electrons. The average Bonchev–Trinajstić information content (AvgIpc) is 2.30. The highest BCUT2D eigenvalue weighted by molar-refractivity contribution is 6.17. The second kappa shape index (κ2) is 7.01. The van der Waals surface area contributed by atoms with Crippen LogP contribution in [0.3, 0.4) is 0 Å². The van der Waals surface area contributed by atoms with Gasteiger partial charge in [0.15, 0.2) is 0 Å². The Morgan fingerprint density at radius 3 is 3.06 bits per heavy atom. The van der Waals surface area contributed by atoms with E-state index in [9.17, 15) is 4.79 Å². The number of carbonyl (C=O) groups excluding carboxylic acids is 1. The van der Waals surface area contributed by atoms with Crippen molar-refractivity contribution in [2.45, 2.75) is 13.3 Å². The van der Waals surface area contributed by atoms with Crippen molar-refractivity contribution >= 4 is 23.6 Å². The van der Waals surface area contributed by atoms with Crippen LogP contribution in [-0.4, -0.2) is 23.4 Å². The Morgan fingerprint density at radius 1 is 1.56 bits per heavy atom. The van der Waals surface area contributed by atoms with Crippen molar-refractivity contribution in [1.82, 2.24) is 4.98 Å². The van der Waals surface area contributed by atoms with Gasteiger partial charge in [-0.3, -0.25) is 4.98 Å². The Morgan fingerprint density at radius 2 is 2.38 bits per heavy atom. The topological polar surface area (TPSA) is 39.2 Å². The minimum atomic E-state index is -0.345. The van der Waals surface area contributed by atoms with E-state index in [4.69, 9.17) is 16.3 Å². The number of aromatic nitrogens is 1. The van der Waals surface area contributed by atoms with Gasteiger partial charge < -0.3 is 4.74 Å². The Balaban J connectivity index is 2.74. The van der Waals surface area contributed by atoms with Crippen molar-refractivity contribution in [3.8, 4) is 0 Å². The summed E-state index contributed by atoms with van der Waals surface area (Å²) in [6.45, 7) is 2.14. The first kappa shape index (κ1) is 12.7. The normalized spacial score (nSPS) is 10.6. The van der Waals surface area contributed by atoms with E-state index in [2.05, 4.69) is 4.98 Å². The van der Waals surface area contributed by atoms with Gasteiger partial charge in [-0.05, 0) is 25.0 Å². The zero-order valence-corrected chi connectivity index (χ0v) is 9.91. The van der Waals surface area contributed by atoms with Crippen molar-refractivity contribution < 1.29 is 9.53 Å². The van der Waals surface area contributed by atoms with Crippen molar-refractivity contribution in [3.05, 3.63) is 35.7 Å². The molecule has 0 fully saturated rings. The van der Waals surface area contributed by atoms with Gasteiger partial charge in [-0.2, -0.15) is 0 Å². The number of pyridine rings is 1. The maximum Gasteiger partial charge on any atom is 0.339 e. The Labute approximate surface area is 100 Å². The molecule has 16 heavy (non-hydrogen) atoms. The van der Waals surface area contributed by atoms with Gasteiger partial charge in [0.1, 0.15) is 0 Å². The molecule has 0 atom stereocenters. The molecule has 1 aromatic heterocycles. The molecule has 3 nitrogen and oxygen atoms in total. The van der Waals surface area contributed by atoms with Crippen molar-refractivity contribution in [2.75, 3.05) is 12.5 Å². The van der Waals surface area contributed by atoms with Gasteiger partial charge in [-0.15, -0.1) is 11.6 Å². The van der Waals surface area contributed by atoms with Gasteiger partial charge in [-0.1, -0.05) is 12.2 Å². The van der Waals surface area contributed by atoms with Crippen LogP contribution in [0.1, 0.15) is 29.3 Å². The predicted octanol–water partition coefficient (Wildman–Crippen LogP) is 2.90. The largest absolute Gasteiger partial charge is 0.462 e. The Hall–Kier alpha value is -1.35. The second-order valence-corrected chi connectivity index (χ2v) is 3.49. The maximum atomic E-state index is 11.4. The first-order valence-corrected chi connectivity index (χ1v) is 5.66. The van der Waals surface area contributed by atoms with Crippen LogP contribution in [0.5, 0.6) is 0 Å². The second-order valence-electron chi connectivity index (χ2n) is 3.11. The maximum absolute atomic E-state index is 11.4. The van der Waals surface area contributed by atoms with Crippen LogP contribution < -0.4 is 0 Å². The number of halogens is 1. The number of rotatable bonds is 5. The van der Waals surface area contributed by atoms with E-state index >= 15 is 0 Å². The SMILES string of the molecule is CCOC(=O)c1cncc(C=CCCCl)c1. The van der Waals surface area contributed by atoms with Gasteiger partial charge in [0.25, 0.3) is 0 Å². The van der Waals surface area contributed by atoms with E-state index in [0.717, 1.165) is 12.0 Å². The number of esters is 1. The zero-order valence-electron chi connectivity index (χ0n) is 9.15. The number of hydrogen-bond donors (Lipinski definition) is 0. The zero-order chi connectivity index (χ0) is 11.8. The van der Waals surface area contributed by atoms with E-state index in [1.807, 2.05) is 12.2 Å². The summed E-state index contributed by atoms with van der Waals surface area (Å²) >= 11 is 5.55. The molecule has 0 radical (unpaired) electrons. The lowest BCUT2D eigenvalue weighted by atomic mass is 10.2. The van der Waals surface area contributed by atoms with Gasteiger partial charge in [0.05, 0.1) is 12.2 Å². The molecular weight excluding hydrogens is 226 g/mol. The van der Waals surface area contributed by atoms with E-state index in [1.165, 1.54) is 6.20 Å². The molecule has 0 aliphatic carbocycles. The fraction of sp³-hybridized carbons (Fsp3) is 0.333. The van der Waals surface area contributed by atoms with E-state index in [1.54, 1.807) is 19.2 Å². The molecule has 1 rings (SSSR count). The predicted molar refractivity (Wildman–Crippen MR) is 64.6 cm³/mol. The number of ether oxygens (including phenoxy) is 1. The highest BCUT2D eigenvalue weighted by atomic mass is 35.5. The monoisotopic (exact) mass is 239 g/mol. The van der Waals surface area contributed by atoms with Gasteiger partial charge in [0, 0.05) is 18.3 Å². The highest BCUT2D eigenvalue weighted by Crippen LogP contribution is 2.07. The molecule has 0 spiro atoms. The quantitative estimate of drug-likeness (QED) is 0.586. The summed E-state index contributed by atoms with van der Waals surface area (Å²) in [6, 6.07) is 1.75. The number of hydrogen-bond acceptors (Lipinski definition) is 3. The summed E-state index contributed by atoms with van der Waals surface area (Å²) < 4.78 is 4.88. The molecule has 0 aliphatic rings. The third-order valence-corrected chi connectivity index (χ3v) is 2.07. The number of nitrogens with zero attached hydrogens (tertiary/aromatic N) is 1. The van der Waals surface area contributed by atoms with Crippen LogP contribution in [0.15, 0.2) is 24.5 Å². The number of carbonyl (C=O) groups is 1.